The second-order valence-corrected chi connectivity index (χ2v) is 4.45. The lowest BCUT2D eigenvalue weighted by atomic mass is 9.70. The summed E-state index contributed by atoms with van der Waals surface area (Å²) in [4.78, 5) is 5.54. The number of halogens is 3. The third-order valence-corrected chi connectivity index (χ3v) is 3.10. The number of hydrogen-bond acceptors (Lipinski definition) is 5. The molecule has 5 nitrogen and oxygen atoms in total. The minimum absolute atomic E-state index is 0.0136. The van der Waals surface area contributed by atoms with Gasteiger partial charge in [-0.2, -0.15) is 13.2 Å². The fourth-order valence-corrected chi connectivity index (χ4v) is 2.15. The van der Waals surface area contributed by atoms with Crippen LogP contribution in [0.3, 0.4) is 0 Å². The lowest BCUT2D eigenvalue weighted by molar-refractivity contribution is -0.136. The molecule has 0 aromatic carbocycles. The van der Waals surface area contributed by atoms with Crippen molar-refractivity contribution >= 4 is 18.3 Å². The number of nitrogens with zero attached hydrogens (tertiary/aromatic N) is 2. The van der Waals surface area contributed by atoms with E-state index in [2.05, 4.69) is 4.98 Å². The minimum atomic E-state index is -4.49. The normalized spacial score (nSPS) is 16.9. The van der Waals surface area contributed by atoms with Crippen LogP contribution in [0.4, 0.5) is 19.0 Å². The Labute approximate surface area is 115 Å². The number of nitrogens with two attached hydrogens (primary N) is 1. The van der Waals surface area contributed by atoms with Gasteiger partial charge in [0, 0.05) is 33.0 Å². The molecule has 0 saturated carbocycles. The average Bonchev–Trinajstić information content (AvgIpc) is 2.83. The van der Waals surface area contributed by atoms with E-state index in [9.17, 15) is 13.2 Å². The topological polar surface area (TPSA) is 60.6 Å². The van der Waals surface area contributed by atoms with Gasteiger partial charge in [-0.15, -0.1) is 0 Å². The number of aromatic nitrogens is 1. The van der Waals surface area contributed by atoms with E-state index in [-0.39, 0.29) is 11.3 Å². The Hall–Kier alpha value is -1.32. The van der Waals surface area contributed by atoms with Gasteiger partial charge in [0.05, 0.1) is 12.2 Å². The number of alkyl halides is 3. The van der Waals surface area contributed by atoms with Crippen LogP contribution in [0.5, 0.6) is 0 Å². The zero-order valence-corrected chi connectivity index (χ0v) is 11.0. The highest BCUT2D eigenvalue weighted by Gasteiger charge is 2.42. The molecular weight excluding hydrogens is 274 g/mol. The van der Waals surface area contributed by atoms with Crippen molar-refractivity contribution in [3.63, 3.8) is 0 Å². The first-order chi connectivity index (χ1) is 9.43. The number of methoxy groups -OCH3 is 1. The van der Waals surface area contributed by atoms with E-state index in [0.717, 1.165) is 12.3 Å². The molecule has 1 fully saturated rings. The monoisotopic (exact) mass is 289 g/mol. The van der Waals surface area contributed by atoms with Gasteiger partial charge in [0.1, 0.15) is 5.82 Å². The molecule has 20 heavy (non-hydrogen) atoms. The average molecular weight is 289 g/mol. The summed E-state index contributed by atoms with van der Waals surface area (Å²) in [7, 11) is 0.771. The first-order valence-electron chi connectivity index (χ1n) is 6.10. The van der Waals surface area contributed by atoms with Crippen LogP contribution in [-0.4, -0.2) is 50.3 Å². The molecule has 0 aliphatic carbocycles. The van der Waals surface area contributed by atoms with Gasteiger partial charge in [-0.25, -0.2) is 4.98 Å². The quantitative estimate of drug-likeness (QED) is 0.811. The number of nitrogen functional groups attached to an aromatic ring is 1. The third kappa shape index (κ3) is 3.22. The largest absolute Gasteiger partial charge is 0.421 e. The summed E-state index contributed by atoms with van der Waals surface area (Å²) >= 11 is 0. The molecule has 1 aliphatic rings. The van der Waals surface area contributed by atoms with Crippen molar-refractivity contribution in [1.29, 1.82) is 0 Å². The maximum Gasteiger partial charge on any atom is 0.421 e. The Kier molecular flexibility index (Phi) is 4.51. The van der Waals surface area contributed by atoms with Gasteiger partial charge >= 0.3 is 13.2 Å². The predicted octanol–water partition coefficient (Wildman–Crippen LogP) is 0.356. The zero-order chi connectivity index (χ0) is 14.8. The molecule has 0 unspecified atom stereocenters. The van der Waals surface area contributed by atoms with E-state index in [4.69, 9.17) is 15.1 Å². The highest BCUT2D eigenvalue weighted by atomic mass is 19.4. The molecule has 0 spiro atoms. The van der Waals surface area contributed by atoms with E-state index in [1.54, 1.807) is 4.81 Å². The summed E-state index contributed by atoms with van der Waals surface area (Å²) in [6.45, 7) is 1.83. The van der Waals surface area contributed by atoms with Gasteiger partial charge in [0.25, 0.3) is 0 Å². The summed E-state index contributed by atoms with van der Waals surface area (Å²) in [6, 6.07) is 0.839. The zero-order valence-electron chi connectivity index (χ0n) is 11.0. The van der Waals surface area contributed by atoms with Crippen LogP contribution in [0, 0.1) is 0 Å². The van der Waals surface area contributed by atoms with Crippen LogP contribution < -0.4 is 11.2 Å². The van der Waals surface area contributed by atoms with E-state index in [1.165, 1.54) is 7.11 Å². The smallest absolute Gasteiger partial charge is 0.416 e. The van der Waals surface area contributed by atoms with Crippen molar-refractivity contribution in [3.05, 3.63) is 17.8 Å². The number of ether oxygens (including phenoxy) is 1. The van der Waals surface area contributed by atoms with Gasteiger partial charge in [0.15, 0.2) is 0 Å². The molecule has 0 atom stereocenters. The fourth-order valence-electron chi connectivity index (χ4n) is 2.15. The lowest BCUT2D eigenvalue weighted by Crippen LogP contribution is -2.49. The molecule has 1 aromatic heterocycles. The van der Waals surface area contributed by atoms with Crippen LogP contribution >= 0.6 is 0 Å². The van der Waals surface area contributed by atoms with Crippen molar-refractivity contribution in [2.75, 3.05) is 39.1 Å². The summed E-state index contributed by atoms with van der Waals surface area (Å²) in [5.41, 5.74) is 4.53. The van der Waals surface area contributed by atoms with Crippen LogP contribution in [0.2, 0.25) is 0 Å². The Bertz CT molecular complexity index is 473. The van der Waals surface area contributed by atoms with E-state index in [1.807, 2.05) is 0 Å². The molecule has 1 saturated heterocycles. The lowest BCUT2D eigenvalue weighted by Gasteiger charge is -2.22. The highest BCUT2D eigenvalue weighted by molar-refractivity contribution is 6.65. The summed E-state index contributed by atoms with van der Waals surface area (Å²) < 4.78 is 49.6. The minimum Gasteiger partial charge on any atom is -0.416 e. The standard InChI is InChI=1S/C11H15BF3N3O2/c1-19-4-2-18-3-5-20-12(18)9-7-17-10(16)6-8(9)11(13,14)15/h6-7H,2-5H2,1H3,(H2,16,17). The van der Waals surface area contributed by atoms with Crippen molar-refractivity contribution in [2.45, 2.75) is 6.18 Å². The van der Waals surface area contributed by atoms with E-state index in [0.29, 0.717) is 26.3 Å². The molecule has 0 bridgehead atoms. The molecule has 2 N–H and O–H groups in total. The maximum atomic E-state index is 13.1. The molecular formula is C11H15BF3N3O2. The van der Waals surface area contributed by atoms with Gasteiger partial charge in [-0.1, -0.05) is 0 Å². The van der Waals surface area contributed by atoms with Crippen LogP contribution in [-0.2, 0) is 15.6 Å². The van der Waals surface area contributed by atoms with Gasteiger partial charge < -0.3 is 19.9 Å². The molecule has 0 radical (unpaired) electrons. The Morgan fingerprint density at radius 3 is 2.95 bits per heavy atom. The number of anilines is 1. The molecule has 1 aliphatic heterocycles. The number of hydrogen-bond donors (Lipinski definition) is 1. The maximum absolute atomic E-state index is 13.1. The summed E-state index contributed by atoms with van der Waals surface area (Å²) in [5, 5.41) is 0. The van der Waals surface area contributed by atoms with Crippen molar-refractivity contribution in [1.82, 2.24) is 9.79 Å². The molecule has 110 valence electrons. The third-order valence-electron chi connectivity index (χ3n) is 3.10. The predicted molar refractivity (Wildman–Crippen MR) is 68.4 cm³/mol. The molecule has 9 heteroatoms. The van der Waals surface area contributed by atoms with Crippen molar-refractivity contribution < 1.29 is 22.6 Å². The second kappa shape index (κ2) is 5.98. The molecule has 1 aromatic rings. The first kappa shape index (κ1) is 15.1. The van der Waals surface area contributed by atoms with Crippen LogP contribution in [0.25, 0.3) is 0 Å². The van der Waals surface area contributed by atoms with Gasteiger partial charge in [-0.3, -0.25) is 0 Å². The fraction of sp³-hybridized carbons (Fsp3) is 0.545. The van der Waals surface area contributed by atoms with Gasteiger partial charge in [0.2, 0.25) is 0 Å². The SMILES string of the molecule is COCCN1CCOB1c1cnc(N)cc1C(F)(F)F. The first-order valence-corrected chi connectivity index (χ1v) is 6.10. The molecule has 2 rings (SSSR count). The number of rotatable bonds is 4. The van der Waals surface area contributed by atoms with Gasteiger partial charge in [-0.05, 0) is 11.5 Å². The molecule has 0 amide bonds. The van der Waals surface area contributed by atoms with Crippen molar-refractivity contribution in [2.24, 2.45) is 0 Å². The van der Waals surface area contributed by atoms with Crippen LogP contribution in [0.1, 0.15) is 5.56 Å². The van der Waals surface area contributed by atoms with E-state index >= 15 is 0 Å². The molecule has 2 heterocycles. The van der Waals surface area contributed by atoms with Crippen molar-refractivity contribution in [3.8, 4) is 0 Å². The van der Waals surface area contributed by atoms with Crippen LogP contribution in [0.15, 0.2) is 12.3 Å². The highest BCUT2D eigenvalue weighted by Crippen LogP contribution is 2.29. The Balaban J connectivity index is 2.31. The Morgan fingerprint density at radius 1 is 1.55 bits per heavy atom. The summed E-state index contributed by atoms with van der Waals surface area (Å²) in [6.07, 6.45) is -3.36. The number of pyridine rings is 1. The Morgan fingerprint density at radius 2 is 2.30 bits per heavy atom. The summed E-state index contributed by atoms with van der Waals surface area (Å²) in [5.74, 6) is -0.164. The van der Waals surface area contributed by atoms with E-state index < -0.39 is 18.8 Å². The second-order valence-electron chi connectivity index (χ2n) is 4.45.